The molecule has 57 heavy (non-hydrogen) atoms. The van der Waals surface area contributed by atoms with Gasteiger partial charge >= 0.3 is 23.9 Å². The third kappa shape index (κ3) is 50.8. The summed E-state index contributed by atoms with van der Waals surface area (Å²) in [4.78, 5) is 42.8. The van der Waals surface area contributed by atoms with E-state index in [1.165, 1.54) is 160 Å². The molecular formula is C49H88O8. The summed E-state index contributed by atoms with van der Waals surface area (Å²) in [5.41, 5.74) is 0.565. The highest BCUT2D eigenvalue weighted by Gasteiger charge is 2.08. The Morgan fingerprint density at radius 2 is 0.825 bits per heavy atom. The second-order valence-electron chi connectivity index (χ2n) is 14.8. The molecule has 0 amide bonds. The zero-order valence-corrected chi connectivity index (χ0v) is 37.7. The molecular weight excluding hydrogens is 717 g/mol. The third-order valence-corrected chi connectivity index (χ3v) is 9.30. The highest BCUT2D eigenvalue weighted by atomic mass is 16.5. The lowest BCUT2D eigenvalue weighted by atomic mass is 10.1. The van der Waals surface area contributed by atoms with Crippen LogP contribution in [0.3, 0.4) is 0 Å². The van der Waals surface area contributed by atoms with Crippen molar-refractivity contribution in [2.24, 2.45) is 0 Å². The molecule has 0 fully saturated rings. The molecule has 1 aliphatic rings. The maximum Gasteiger partial charge on any atom is 0.333 e. The van der Waals surface area contributed by atoms with E-state index in [1.54, 1.807) is 0 Å². The van der Waals surface area contributed by atoms with Gasteiger partial charge in [-0.1, -0.05) is 195 Å². The molecule has 8 nitrogen and oxygen atoms in total. The molecule has 0 heterocycles. The van der Waals surface area contributed by atoms with E-state index in [4.69, 9.17) is 18.9 Å². The van der Waals surface area contributed by atoms with E-state index in [0.29, 0.717) is 31.8 Å². The summed E-state index contributed by atoms with van der Waals surface area (Å²) < 4.78 is 19.5. The minimum absolute atomic E-state index is 0.212. The second-order valence-corrected chi connectivity index (χ2v) is 14.8. The van der Waals surface area contributed by atoms with Crippen LogP contribution in [0.5, 0.6) is 0 Å². The van der Waals surface area contributed by atoms with Gasteiger partial charge in [0, 0.05) is 31.1 Å². The summed E-state index contributed by atoms with van der Waals surface area (Å²) in [5.74, 6) is -0.226. The van der Waals surface area contributed by atoms with E-state index in [-0.39, 0.29) is 23.9 Å². The predicted octanol–water partition coefficient (Wildman–Crippen LogP) is 14.4. The first kappa shape index (κ1) is 58.2. The zero-order chi connectivity index (χ0) is 43.0. The Kier molecular flexibility index (Phi) is 50.0. The Morgan fingerprint density at radius 3 is 1.07 bits per heavy atom. The Hall–Kier alpha value is -3.16. The van der Waals surface area contributed by atoms with Gasteiger partial charge in [-0.3, -0.25) is 4.79 Å². The second kappa shape index (κ2) is 49.0. The Morgan fingerprint density at radius 1 is 0.526 bits per heavy atom. The monoisotopic (exact) mass is 805 g/mol. The van der Waals surface area contributed by atoms with E-state index in [1.807, 2.05) is 13.0 Å². The van der Waals surface area contributed by atoms with Gasteiger partial charge in [-0.25, -0.2) is 14.4 Å². The predicted molar refractivity (Wildman–Crippen MR) is 239 cm³/mol. The minimum Gasteiger partial charge on any atom is -0.463 e. The normalized spacial score (nSPS) is 11.0. The number of carbonyl (C=O) groups is 4. The third-order valence-electron chi connectivity index (χ3n) is 9.30. The summed E-state index contributed by atoms with van der Waals surface area (Å²) >= 11 is 0. The number of ether oxygens (including phenoxy) is 4. The van der Waals surface area contributed by atoms with Crippen molar-refractivity contribution in [1.82, 2.24) is 0 Å². The van der Waals surface area contributed by atoms with Crippen molar-refractivity contribution >= 4 is 23.9 Å². The number of allylic oxidation sites excluding steroid dienone is 2. The number of hydrogen-bond donors (Lipinski definition) is 0. The number of unbranched alkanes of at least 4 members (excludes halogenated alkanes) is 23. The summed E-state index contributed by atoms with van der Waals surface area (Å²) in [5, 5.41) is 0. The summed E-state index contributed by atoms with van der Waals surface area (Å²) in [6.45, 7) is 22.0. The summed E-state index contributed by atoms with van der Waals surface area (Å²) in [7, 11) is 0. The molecule has 0 atom stereocenters. The molecule has 1 rings (SSSR count). The van der Waals surface area contributed by atoms with Crippen molar-refractivity contribution in [1.29, 1.82) is 0 Å². The van der Waals surface area contributed by atoms with E-state index in [0.717, 1.165) is 44.3 Å². The fourth-order valence-electron chi connectivity index (χ4n) is 5.48. The van der Waals surface area contributed by atoms with Crippen molar-refractivity contribution < 1.29 is 38.1 Å². The van der Waals surface area contributed by atoms with Crippen LogP contribution >= 0.6 is 0 Å². The molecule has 8 heteroatoms. The van der Waals surface area contributed by atoms with Crippen LogP contribution in [0.4, 0.5) is 0 Å². The highest BCUT2D eigenvalue weighted by Crippen LogP contribution is 2.18. The fourth-order valence-corrected chi connectivity index (χ4v) is 5.48. The van der Waals surface area contributed by atoms with E-state index < -0.39 is 0 Å². The van der Waals surface area contributed by atoms with Crippen molar-refractivity contribution in [3.8, 4) is 0 Å². The number of carbonyl (C=O) groups excluding carboxylic acids is 4. The van der Waals surface area contributed by atoms with Crippen LogP contribution < -0.4 is 0 Å². The topological polar surface area (TPSA) is 105 Å². The molecule has 1 aliphatic carbocycles. The van der Waals surface area contributed by atoms with Gasteiger partial charge < -0.3 is 18.9 Å². The van der Waals surface area contributed by atoms with Crippen LogP contribution in [-0.4, -0.2) is 43.7 Å². The molecule has 0 bridgehead atoms. The largest absolute Gasteiger partial charge is 0.463 e. The standard InChI is InChI=1S/C17H32O2.C15H28O2.C11H20O2.C6H8O2/c1-3-5-6-7-8-9-10-11-12-13-14-15-16-19-17(18)4-2;1-3-5-6-7-8-9-10-11-12-13-14-17-15(16)4-2;1-4-6-7-8-9-13-11(12)10(3)5-2;1-5(7)8-6-3-2-4-6/h4H,2-3,5-16H2,1H3;4H,2-3,5-14H2,1H3;3-9H2,1-2H3;3H,2,4H2,1H3. The van der Waals surface area contributed by atoms with Crippen LogP contribution in [0.25, 0.3) is 0 Å². The van der Waals surface area contributed by atoms with Gasteiger partial charge in [-0.2, -0.15) is 0 Å². The maximum atomic E-state index is 11.1. The van der Waals surface area contributed by atoms with Gasteiger partial charge in [-0.15, -0.1) is 0 Å². The van der Waals surface area contributed by atoms with Crippen molar-refractivity contribution in [2.45, 2.75) is 221 Å². The molecule has 0 spiro atoms. The van der Waals surface area contributed by atoms with Gasteiger partial charge in [0.25, 0.3) is 0 Å². The molecule has 0 saturated carbocycles. The SMILES string of the molecule is C=C(CC)C(=O)OCCCCCC.C=CC(=O)OCCCCCCCCCCCC.C=CC(=O)OCCCCCCCCCCCCCC.CC(=O)OC1=CCC1. The molecule has 332 valence electrons. The first-order valence-corrected chi connectivity index (χ1v) is 22.9. The number of rotatable bonds is 34. The lowest BCUT2D eigenvalue weighted by molar-refractivity contribution is -0.139. The molecule has 0 unspecified atom stereocenters. The molecule has 0 saturated heterocycles. The molecule has 0 aromatic heterocycles. The maximum absolute atomic E-state index is 11.1. The van der Waals surface area contributed by atoms with Crippen LogP contribution in [0.15, 0.2) is 49.3 Å². The Balaban J connectivity index is -0.000000707. The molecule has 0 aromatic rings. The van der Waals surface area contributed by atoms with Crippen LogP contribution in [0, 0.1) is 0 Å². The van der Waals surface area contributed by atoms with Gasteiger partial charge in [0.15, 0.2) is 0 Å². The van der Waals surface area contributed by atoms with E-state index in [9.17, 15) is 19.2 Å². The van der Waals surface area contributed by atoms with Gasteiger partial charge in [0.2, 0.25) is 0 Å². The van der Waals surface area contributed by atoms with E-state index >= 15 is 0 Å². The number of esters is 4. The smallest absolute Gasteiger partial charge is 0.333 e. The quantitative estimate of drug-likeness (QED) is 0.0274. The first-order valence-electron chi connectivity index (χ1n) is 22.9. The molecule has 0 N–H and O–H groups in total. The van der Waals surface area contributed by atoms with Crippen molar-refractivity contribution in [2.75, 3.05) is 19.8 Å². The summed E-state index contributed by atoms with van der Waals surface area (Å²) in [6.07, 6.45) is 40.4. The van der Waals surface area contributed by atoms with Gasteiger partial charge in [-0.05, 0) is 38.2 Å². The zero-order valence-electron chi connectivity index (χ0n) is 37.7. The van der Waals surface area contributed by atoms with Crippen molar-refractivity contribution in [3.05, 3.63) is 49.3 Å². The first-order chi connectivity index (χ1) is 27.6. The van der Waals surface area contributed by atoms with Gasteiger partial charge in [0.05, 0.1) is 19.8 Å². The number of hydrogen-bond acceptors (Lipinski definition) is 8. The summed E-state index contributed by atoms with van der Waals surface area (Å²) in [6, 6.07) is 0. The fraction of sp³-hybridized carbons (Fsp3) is 0.755. The highest BCUT2D eigenvalue weighted by molar-refractivity contribution is 5.87. The minimum atomic E-state index is -0.305. The Bertz CT molecular complexity index is 1010. The van der Waals surface area contributed by atoms with Crippen LogP contribution in [0.2, 0.25) is 0 Å². The Labute approximate surface area is 351 Å². The van der Waals surface area contributed by atoms with Crippen molar-refractivity contribution in [3.63, 3.8) is 0 Å². The average Bonchev–Trinajstić information content (AvgIpc) is 3.20. The van der Waals surface area contributed by atoms with E-state index in [2.05, 4.69) is 40.5 Å². The lowest BCUT2D eigenvalue weighted by Gasteiger charge is -2.11. The molecule has 0 aromatic carbocycles. The molecule has 0 aliphatic heterocycles. The lowest BCUT2D eigenvalue weighted by Crippen LogP contribution is -2.07. The van der Waals surface area contributed by atoms with Crippen LogP contribution in [-0.2, 0) is 38.1 Å². The molecule has 0 radical (unpaired) electrons. The van der Waals surface area contributed by atoms with Crippen LogP contribution in [0.1, 0.15) is 221 Å². The van der Waals surface area contributed by atoms with Gasteiger partial charge in [0.1, 0.15) is 5.76 Å². The average molecular weight is 805 g/mol.